The topological polar surface area (TPSA) is 121 Å². The number of anilines is 2. The van der Waals surface area contributed by atoms with Crippen molar-refractivity contribution in [2.24, 2.45) is 0 Å². The number of aromatic amines is 1. The van der Waals surface area contributed by atoms with Crippen LogP contribution in [0.1, 0.15) is 22.6 Å². The highest BCUT2D eigenvalue weighted by Gasteiger charge is 2.26. The number of pyridine rings is 1. The van der Waals surface area contributed by atoms with E-state index in [9.17, 15) is 27.6 Å². The monoisotopic (exact) mass is 552 g/mol. The van der Waals surface area contributed by atoms with Gasteiger partial charge in [0.15, 0.2) is 11.6 Å². The molecule has 1 aliphatic heterocycles. The minimum absolute atomic E-state index is 0.00581. The number of likely N-dealkylation sites (tertiary alicyclic amines) is 1. The van der Waals surface area contributed by atoms with E-state index in [-0.39, 0.29) is 47.4 Å². The molecule has 3 heterocycles. The van der Waals surface area contributed by atoms with Crippen LogP contribution in [0, 0.1) is 18.6 Å². The maximum absolute atomic E-state index is 14.8. The van der Waals surface area contributed by atoms with Crippen LogP contribution in [-0.2, 0) is 0 Å². The number of hydrogen-bond acceptors (Lipinski definition) is 5. The number of ether oxygens (including phenoxy) is 1. The van der Waals surface area contributed by atoms with Crippen molar-refractivity contribution in [2.45, 2.75) is 19.5 Å². The van der Waals surface area contributed by atoms with Crippen LogP contribution in [0.5, 0.6) is 11.5 Å². The molecule has 40 heavy (non-hydrogen) atoms. The zero-order valence-electron chi connectivity index (χ0n) is 21.1. The number of aromatic nitrogens is 3. The summed E-state index contributed by atoms with van der Waals surface area (Å²) in [6.07, 6.45) is 0.582. The van der Waals surface area contributed by atoms with Crippen molar-refractivity contribution in [2.75, 3.05) is 23.7 Å². The fourth-order valence-corrected chi connectivity index (χ4v) is 4.26. The first-order valence-corrected chi connectivity index (χ1v) is 12.2. The molecule has 13 heteroatoms. The molecule has 3 amide bonds. The van der Waals surface area contributed by atoms with Gasteiger partial charge in [0.25, 0.3) is 5.91 Å². The number of carbonyl (C=O) groups excluding carboxylic acids is 2. The van der Waals surface area contributed by atoms with Gasteiger partial charge in [0.05, 0.1) is 17.9 Å². The molecule has 0 aliphatic carbocycles. The Morgan fingerprint density at radius 1 is 1.07 bits per heavy atom. The maximum Gasteiger partial charge on any atom is 0.330 e. The molecule has 2 aromatic heterocycles. The lowest BCUT2D eigenvalue weighted by atomic mass is 10.2. The van der Waals surface area contributed by atoms with Crippen molar-refractivity contribution in [3.63, 3.8) is 0 Å². The molecule has 1 saturated heterocycles. The minimum Gasteiger partial charge on any atom is -0.454 e. The van der Waals surface area contributed by atoms with E-state index in [1.807, 2.05) is 0 Å². The Morgan fingerprint density at radius 2 is 1.85 bits per heavy atom. The van der Waals surface area contributed by atoms with Crippen molar-refractivity contribution in [3.05, 3.63) is 94.3 Å². The van der Waals surface area contributed by atoms with Crippen LogP contribution < -0.4 is 21.1 Å². The number of halogens is 3. The highest BCUT2D eigenvalue weighted by Crippen LogP contribution is 2.28. The van der Waals surface area contributed by atoms with Crippen molar-refractivity contribution >= 4 is 23.4 Å². The summed E-state index contributed by atoms with van der Waals surface area (Å²) >= 11 is 0. The van der Waals surface area contributed by atoms with Crippen LogP contribution in [-0.4, -0.2) is 50.6 Å². The summed E-state index contributed by atoms with van der Waals surface area (Å²) in [6.45, 7) is 1.85. The lowest BCUT2D eigenvalue weighted by molar-refractivity contribution is 0.102. The first kappa shape index (κ1) is 26.5. The third-order valence-corrected chi connectivity index (χ3v) is 6.25. The zero-order valence-corrected chi connectivity index (χ0v) is 21.1. The highest BCUT2D eigenvalue weighted by atomic mass is 19.1. The second kappa shape index (κ2) is 11.0. The summed E-state index contributed by atoms with van der Waals surface area (Å²) in [4.78, 5) is 45.4. The molecule has 2 aromatic carbocycles. The lowest BCUT2D eigenvalue weighted by Crippen LogP contribution is -2.33. The van der Waals surface area contributed by atoms with Crippen LogP contribution in [0.2, 0.25) is 0 Å². The van der Waals surface area contributed by atoms with Gasteiger partial charge in [-0.3, -0.25) is 14.7 Å². The van der Waals surface area contributed by atoms with E-state index in [0.29, 0.717) is 12.2 Å². The third kappa shape index (κ3) is 5.67. The van der Waals surface area contributed by atoms with E-state index in [0.717, 1.165) is 6.07 Å². The Morgan fingerprint density at radius 3 is 2.55 bits per heavy atom. The Kier molecular flexibility index (Phi) is 7.27. The number of urea groups is 1. The number of nitrogens with zero attached hydrogens (tertiary/aromatic N) is 3. The first-order chi connectivity index (χ1) is 19.2. The van der Waals surface area contributed by atoms with E-state index < -0.39 is 35.4 Å². The van der Waals surface area contributed by atoms with Crippen LogP contribution in [0.4, 0.5) is 29.5 Å². The normalized spacial score (nSPS) is 14.7. The molecule has 0 radical (unpaired) electrons. The molecule has 10 nitrogen and oxygen atoms in total. The number of alkyl halides is 1. The average molecular weight is 553 g/mol. The second-order valence-electron chi connectivity index (χ2n) is 9.04. The summed E-state index contributed by atoms with van der Waals surface area (Å²) in [5.41, 5.74) is 0.116. The van der Waals surface area contributed by atoms with Gasteiger partial charge >= 0.3 is 11.7 Å². The molecule has 1 unspecified atom stereocenters. The van der Waals surface area contributed by atoms with Gasteiger partial charge in [-0.1, -0.05) is 0 Å². The van der Waals surface area contributed by atoms with Crippen LogP contribution in [0.25, 0.3) is 5.69 Å². The molecule has 0 bridgehead atoms. The number of nitrogens with one attached hydrogen (secondary N) is 3. The number of amides is 3. The van der Waals surface area contributed by atoms with Crippen molar-refractivity contribution in [1.82, 2.24) is 19.4 Å². The smallest absolute Gasteiger partial charge is 0.330 e. The number of benzene rings is 2. The highest BCUT2D eigenvalue weighted by molar-refractivity contribution is 6.03. The van der Waals surface area contributed by atoms with Crippen LogP contribution in [0.15, 0.2) is 65.6 Å². The fraction of sp³-hybridized carbons (Fsp3) is 0.185. The van der Waals surface area contributed by atoms with Gasteiger partial charge < -0.3 is 19.9 Å². The minimum atomic E-state index is -1.06. The van der Waals surface area contributed by atoms with Crippen LogP contribution in [0.3, 0.4) is 0 Å². The lowest BCUT2D eigenvalue weighted by Gasteiger charge is -2.16. The molecule has 206 valence electrons. The molecule has 1 atom stereocenters. The zero-order chi connectivity index (χ0) is 28.4. The van der Waals surface area contributed by atoms with Gasteiger partial charge in [-0.25, -0.2) is 27.7 Å². The number of hydrogen-bond donors (Lipinski definition) is 3. The SMILES string of the molecule is Cc1c(C(=O)Nc2ccc(Oc3ccnc(NC(=O)N4CCC(F)C4)c3)c(F)c2)[nH]c(=O)n1-c1ccc(F)cc1. The van der Waals surface area contributed by atoms with Crippen LogP contribution >= 0.6 is 0 Å². The quantitative estimate of drug-likeness (QED) is 0.318. The van der Waals surface area contributed by atoms with E-state index in [2.05, 4.69) is 20.6 Å². The van der Waals surface area contributed by atoms with E-state index in [1.165, 1.54) is 64.2 Å². The molecular formula is C27H23F3N6O4. The molecule has 0 spiro atoms. The summed E-state index contributed by atoms with van der Waals surface area (Å²) in [5, 5.41) is 5.08. The molecule has 1 fully saturated rings. The molecule has 1 aliphatic rings. The summed E-state index contributed by atoms with van der Waals surface area (Å²) in [7, 11) is 0. The van der Waals surface area contributed by atoms with Gasteiger partial charge in [-0.15, -0.1) is 0 Å². The number of rotatable bonds is 6. The molecular weight excluding hydrogens is 529 g/mol. The van der Waals surface area contributed by atoms with E-state index in [4.69, 9.17) is 4.74 Å². The predicted octanol–water partition coefficient (Wildman–Crippen LogP) is 4.77. The third-order valence-electron chi connectivity index (χ3n) is 6.25. The fourth-order valence-electron chi connectivity index (χ4n) is 4.26. The van der Waals surface area contributed by atoms with Gasteiger partial charge in [0.1, 0.15) is 29.3 Å². The molecule has 0 saturated carbocycles. The average Bonchev–Trinajstić information content (AvgIpc) is 3.49. The summed E-state index contributed by atoms with van der Waals surface area (Å²) < 4.78 is 48.3. The first-order valence-electron chi connectivity index (χ1n) is 12.2. The van der Waals surface area contributed by atoms with Gasteiger partial charge in [-0.05, 0) is 55.8 Å². The maximum atomic E-state index is 14.8. The largest absolute Gasteiger partial charge is 0.454 e. The number of H-pyrrole nitrogens is 1. The van der Waals surface area contributed by atoms with Crippen molar-refractivity contribution in [1.29, 1.82) is 0 Å². The van der Waals surface area contributed by atoms with Gasteiger partial charge in [0.2, 0.25) is 0 Å². The Hall–Kier alpha value is -5.07. The summed E-state index contributed by atoms with van der Waals surface area (Å²) in [5.74, 6) is -1.78. The number of imidazole rings is 1. The summed E-state index contributed by atoms with van der Waals surface area (Å²) in [6, 6.07) is 11.3. The van der Waals surface area contributed by atoms with Crippen molar-refractivity contribution < 1.29 is 27.5 Å². The van der Waals surface area contributed by atoms with E-state index >= 15 is 0 Å². The van der Waals surface area contributed by atoms with Gasteiger partial charge in [0, 0.05) is 30.6 Å². The standard InChI is InChI=1S/C27H23F3N6O4/c1-15-24(34-27(39)36(15)19-5-2-16(28)3-6-19)25(37)32-18-4-7-22(21(30)12-18)40-20-8-10-31-23(13-20)33-26(38)35-11-9-17(29)14-35/h2-8,10,12-13,17H,9,11,14H2,1H3,(H,32,37)(H,34,39)(H,31,33,38). The second-order valence-corrected chi connectivity index (χ2v) is 9.04. The number of carbonyl (C=O) groups is 2. The Labute approximate surface area is 225 Å². The molecule has 4 aromatic rings. The Balaban J connectivity index is 1.26. The predicted molar refractivity (Wildman–Crippen MR) is 140 cm³/mol. The molecule has 5 rings (SSSR count). The van der Waals surface area contributed by atoms with E-state index in [1.54, 1.807) is 6.92 Å². The molecule has 3 N–H and O–H groups in total. The van der Waals surface area contributed by atoms with Crippen molar-refractivity contribution in [3.8, 4) is 17.2 Å². The van der Waals surface area contributed by atoms with Gasteiger partial charge in [-0.2, -0.15) is 0 Å². The Bertz CT molecular complexity index is 1640.